The van der Waals surface area contributed by atoms with Crippen LogP contribution in [0.4, 0.5) is 17.2 Å². The van der Waals surface area contributed by atoms with E-state index in [9.17, 15) is 8.42 Å². The molecule has 0 radical (unpaired) electrons. The first kappa shape index (κ1) is 19.4. The van der Waals surface area contributed by atoms with Gasteiger partial charge in [-0.05, 0) is 54.6 Å². The minimum Gasteiger partial charge on any atom is -0.388 e. The fraction of sp³-hybridized carbons (Fsp3) is 0.0500. The number of nitrogens with one attached hydrogen (secondary N) is 2. The molecule has 0 bridgehead atoms. The van der Waals surface area contributed by atoms with Gasteiger partial charge in [0.05, 0.1) is 10.6 Å². The number of hydrogen-bond donors (Lipinski definition) is 3. The molecule has 0 aliphatic carbocycles. The Labute approximate surface area is 173 Å². The average molecular weight is 422 g/mol. The van der Waals surface area contributed by atoms with Gasteiger partial charge in [0.2, 0.25) is 5.82 Å². The van der Waals surface area contributed by atoms with Crippen molar-refractivity contribution in [3.05, 3.63) is 66.7 Å². The lowest BCUT2D eigenvalue weighted by molar-refractivity contribution is 0.431. The highest BCUT2D eigenvalue weighted by molar-refractivity contribution is 7.92. The Morgan fingerprint density at radius 2 is 1.67 bits per heavy atom. The second-order valence-corrected chi connectivity index (χ2v) is 8.01. The Morgan fingerprint density at radius 3 is 2.40 bits per heavy atom. The zero-order valence-electron chi connectivity index (χ0n) is 15.9. The highest BCUT2D eigenvalue weighted by atomic mass is 32.2. The summed E-state index contributed by atoms with van der Waals surface area (Å²) in [6.07, 6.45) is 0. The lowest BCUT2D eigenvalue weighted by Gasteiger charge is -2.09. The normalized spacial score (nSPS) is 11.2. The minimum absolute atomic E-state index is 0.113. The Morgan fingerprint density at radius 1 is 0.933 bits per heavy atom. The second-order valence-electron chi connectivity index (χ2n) is 6.33. The molecule has 0 unspecified atom stereocenters. The van der Waals surface area contributed by atoms with Gasteiger partial charge >= 0.3 is 0 Å². The molecule has 2 aromatic heterocycles. The maximum atomic E-state index is 12.7. The Bertz CT molecular complexity index is 1290. The second kappa shape index (κ2) is 7.84. The highest BCUT2D eigenvalue weighted by Crippen LogP contribution is 2.24. The van der Waals surface area contributed by atoms with Crippen molar-refractivity contribution in [2.45, 2.75) is 4.90 Å². The Kier molecular flexibility index (Phi) is 5.07. The molecule has 0 aliphatic rings. The first-order chi connectivity index (χ1) is 14.4. The largest absolute Gasteiger partial charge is 0.388 e. The van der Waals surface area contributed by atoms with Crippen LogP contribution in [0.25, 0.3) is 23.0 Å². The molecule has 2 heterocycles. The van der Waals surface area contributed by atoms with Crippen LogP contribution < -0.4 is 15.8 Å². The van der Waals surface area contributed by atoms with E-state index < -0.39 is 10.0 Å². The SMILES string of the molecule is CNc1cccc(NS(=O)(=O)c2ccc(-c3noc(-c4cccc(N)n4)n3)cc2)c1. The molecule has 4 rings (SSSR count). The monoisotopic (exact) mass is 422 g/mol. The maximum absolute atomic E-state index is 12.7. The third-order valence-electron chi connectivity index (χ3n) is 4.24. The van der Waals surface area contributed by atoms with Gasteiger partial charge in [-0.15, -0.1) is 0 Å². The fourth-order valence-corrected chi connectivity index (χ4v) is 3.80. The van der Waals surface area contributed by atoms with Crippen molar-refractivity contribution in [3.63, 3.8) is 0 Å². The number of nitrogens with zero attached hydrogens (tertiary/aromatic N) is 3. The molecule has 0 aliphatic heterocycles. The third-order valence-corrected chi connectivity index (χ3v) is 5.64. The standard InChI is InChI=1S/C20H18N6O3S/c1-22-14-4-2-5-15(12-14)26-30(27,28)16-10-8-13(9-11-16)19-24-20(29-25-19)17-6-3-7-18(21)23-17/h2-12,22,26H,1H3,(H2,21,23). The van der Waals surface area contributed by atoms with Crippen LogP contribution in [-0.4, -0.2) is 30.6 Å². The quantitative estimate of drug-likeness (QED) is 0.431. The summed E-state index contributed by atoms with van der Waals surface area (Å²) < 4.78 is 33.1. The van der Waals surface area contributed by atoms with Crippen LogP contribution in [0.15, 0.2) is 76.1 Å². The molecule has 0 spiro atoms. The molecule has 152 valence electrons. The number of sulfonamides is 1. The number of pyridine rings is 1. The van der Waals surface area contributed by atoms with E-state index in [0.29, 0.717) is 28.6 Å². The summed E-state index contributed by atoms with van der Waals surface area (Å²) in [7, 11) is -1.98. The predicted molar refractivity (Wildman–Crippen MR) is 114 cm³/mol. The van der Waals surface area contributed by atoms with Gasteiger partial charge in [0.15, 0.2) is 0 Å². The Balaban J connectivity index is 1.55. The summed E-state index contributed by atoms with van der Waals surface area (Å²) in [6.45, 7) is 0. The van der Waals surface area contributed by atoms with Crippen molar-refractivity contribution in [2.24, 2.45) is 0 Å². The summed E-state index contributed by atoms with van der Waals surface area (Å²) in [5, 5.41) is 6.90. The smallest absolute Gasteiger partial charge is 0.276 e. The van der Waals surface area contributed by atoms with E-state index in [1.165, 1.54) is 12.1 Å². The van der Waals surface area contributed by atoms with Gasteiger partial charge in [0.1, 0.15) is 11.5 Å². The van der Waals surface area contributed by atoms with Crippen molar-refractivity contribution < 1.29 is 12.9 Å². The molecule has 0 fully saturated rings. The Hall–Kier alpha value is -3.92. The van der Waals surface area contributed by atoms with Gasteiger partial charge in [-0.2, -0.15) is 4.98 Å². The molecule has 10 heteroatoms. The van der Waals surface area contributed by atoms with E-state index in [2.05, 4.69) is 25.2 Å². The predicted octanol–water partition coefficient (Wildman–Crippen LogP) is 3.22. The number of nitrogens with two attached hydrogens (primary N) is 1. The van der Waals surface area contributed by atoms with Crippen LogP contribution in [0.1, 0.15) is 0 Å². The summed E-state index contributed by atoms with van der Waals surface area (Å²) in [5.74, 6) is 0.877. The first-order valence-electron chi connectivity index (χ1n) is 8.92. The van der Waals surface area contributed by atoms with Gasteiger partial charge in [-0.1, -0.05) is 17.3 Å². The van der Waals surface area contributed by atoms with Gasteiger partial charge in [0, 0.05) is 18.3 Å². The molecule has 4 aromatic rings. The summed E-state index contributed by atoms with van der Waals surface area (Å²) in [4.78, 5) is 8.55. The van der Waals surface area contributed by atoms with Crippen molar-refractivity contribution in [1.29, 1.82) is 0 Å². The lowest BCUT2D eigenvalue weighted by atomic mass is 10.2. The summed E-state index contributed by atoms with van der Waals surface area (Å²) >= 11 is 0. The van der Waals surface area contributed by atoms with E-state index in [1.54, 1.807) is 55.6 Å². The van der Waals surface area contributed by atoms with Crippen molar-refractivity contribution in [1.82, 2.24) is 15.1 Å². The molecule has 4 N–H and O–H groups in total. The first-order valence-corrected chi connectivity index (χ1v) is 10.4. The van der Waals surface area contributed by atoms with E-state index in [0.717, 1.165) is 5.69 Å². The maximum Gasteiger partial charge on any atom is 0.276 e. The zero-order chi connectivity index (χ0) is 21.1. The van der Waals surface area contributed by atoms with Gasteiger partial charge in [-0.25, -0.2) is 13.4 Å². The van der Waals surface area contributed by atoms with Crippen LogP contribution in [0.3, 0.4) is 0 Å². The molecule has 0 saturated carbocycles. The number of benzene rings is 2. The summed E-state index contributed by atoms with van der Waals surface area (Å²) in [5.41, 5.74) is 8.00. The topological polar surface area (TPSA) is 136 Å². The number of aromatic nitrogens is 3. The molecule has 30 heavy (non-hydrogen) atoms. The van der Waals surface area contributed by atoms with Gasteiger partial charge < -0.3 is 15.6 Å². The van der Waals surface area contributed by atoms with Crippen LogP contribution in [0.2, 0.25) is 0 Å². The van der Waals surface area contributed by atoms with Gasteiger partial charge in [-0.3, -0.25) is 4.72 Å². The molecule has 0 atom stereocenters. The molecule has 9 nitrogen and oxygen atoms in total. The molecule has 0 amide bonds. The number of anilines is 3. The average Bonchev–Trinajstić information content (AvgIpc) is 3.24. The van der Waals surface area contributed by atoms with Gasteiger partial charge in [0.25, 0.3) is 15.9 Å². The number of nitrogen functional groups attached to an aromatic ring is 1. The lowest BCUT2D eigenvalue weighted by Crippen LogP contribution is -2.13. The fourth-order valence-electron chi connectivity index (χ4n) is 2.75. The van der Waals surface area contributed by atoms with Crippen LogP contribution in [-0.2, 0) is 10.0 Å². The van der Waals surface area contributed by atoms with Crippen molar-refractivity contribution >= 4 is 27.2 Å². The molecular weight excluding hydrogens is 404 g/mol. The van der Waals surface area contributed by atoms with Crippen LogP contribution >= 0.6 is 0 Å². The number of hydrogen-bond acceptors (Lipinski definition) is 8. The van der Waals surface area contributed by atoms with Crippen LogP contribution in [0, 0.1) is 0 Å². The zero-order valence-corrected chi connectivity index (χ0v) is 16.7. The van der Waals surface area contributed by atoms with E-state index in [-0.39, 0.29) is 10.8 Å². The minimum atomic E-state index is -3.75. The highest BCUT2D eigenvalue weighted by Gasteiger charge is 2.16. The van der Waals surface area contributed by atoms with Crippen LogP contribution in [0.5, 0.6) is 0 Å². The molecular formula is C20H18N6O3S. The van der Waals surface area contributed by atoms with Crippen molar-refractivity contribution in [3.8, 4) is 23.0 Å². The van der Waals surface area contributed by atoms with Crippen molar-refractivity contribution in [2.75, 3.05) is 22.8 Å². The van der Waals surface area contributed by atoms with E-state index >= 15 is 0 Å². The summed E-state index contributed by atoms with van der Waals surface area (Å²) in [6, 6.07) is 18.3. The van der Waals surface area contributed by atoms with E-state index in [4.69, 9.17) is 10.3 Å². The third kappa shape index (κ3) is 4.08. The number of rotatable bonds is 6. The molecule has 2 aromatic carbocycles. The van der Waals surface area contributed by atoms with E-state index in [1.807, 2.05) is 6.07 Å². The molecule has 0 saturated heterocycles.